The van der Waals surface area contributed by atoms with Crippen molar-refractivity contribution in [1.29, 1.82) is 0 Å². The van der Waals surface area contributed by atoms with Crippen molar-refractivity contribution in [2.45, 2.75) is 0 Å². The Morgan fingerprint density at radius 3 is 1.55 bits per heavy atom. The monoisotopic (exact) mass is 857 g/mol. The van der Waals surface area contributed by atoms with Gasteiger partial charge in [-0.2, -0.15) is 0 Å². The van der Waals surface area contributed by atoms with Gasteiger partial charge in [0.15, 0.2) is 0 Å². The fraction of sp³-hybridized carbons (Fsp3) is 0. The molecule has 66 heavy (non-hydrogen) atoms. The Morgan fingerprint density at radius 1 is 0.258 bits per heavy atom. The lowest BCUT2D eigenvalue weighted by Gasteiger charge is -2.29. The minimum absolute atomic E-state index is 1.08. The minimum Gasteiger partial charge on any atom is -0.310 e. The highest BCUT2D eigenvalue weighted by molar-refractivity contribution is 7.26. The van der Waals surface area contributed by atoms with Crippen LogP contribution in [0.1, 0.15) is 0 Å². The lowest BCUT2D eigenvalue weighted by Crippen LogP contribution is -2.11. The summed E-state index contributed by atoms with van der Waals surface area (Å²) in [5.41, 5.74) is 17.6. The number of nitrogens with zero attached hydrogens (tertiary/aromatic N) is 1. The van der Waals surface area contributed by atoms with Gasteiger partial charge in [0, 0.05) is 37.1 Å². The van der Waals surface area contributed by atoms with Crippen molar-refractivity contribution in [3.05, 3.63) is 261 Å². The third-order valence-corrected chi connectivity index (χ3v) is 14.1. The number of fused-ring (bicyclic) bond motifs is 4. The Labute approximate surface area is 389 Å². The molecule has 0 spiro atoms. The second-order valence-electron chi connectivity index (χ2n) is 16.8. The zero-order chi connectivity index (χ0) is 43.8. The maximum Gasteiger partial charge on any atom is 0.0540 e. The lowest BCUT2D eigenvalue weighted by molar-refractivity contribution is 1.28. The van der Waals surface area contributed by atoms with Crippen molar-refractivity contribution in [2.75, 3.05) is 4.90 Å². The zero-order valence-electron chi connectivity index (χ0n) is 36.2. The molecule has 11 aromatic carbocycles. The fourth-order valence-corrected chi connectivity index (χ4v) is 10.9. The molecule has 0 radical (unpaired) electrons. The van der Waals surface area contributed by atoms with E-state index in [1.807, 2.05) is 11.3 Å². The molecule has 1 nitrogen and oxygen atoms in total. The van der Waals surface area contributed by atoms with E-state index in [0.717, 1.165) is 22.6 Å². The Balaban J connectivity index is 0.985. The Morgan fingerprint density at radius 2 is 0.773 bits per heavy atom. The van der Waals surface area contributed by atoms with Gasteiger partial charge >= 0.3 is 0 Å². The molecule has 0 amide bonds. The van der Waals surface area contributed by atoms with E-state index in [0.29, 0.717) is 0 Å². The van der Waals surface area contributed by atoms with Gasteiger partial charge in [0.1, 0.15) is 0 Å². The molecular formula is C64H43NS. The van der Waals surface area contributed by atoms with Crippen LogP contribution >= 0.6 is 11.3 Å². The van der Waals surface area contributed by atoms with Crippen LogP contribution in [0.25, 0.3) is 97.7 Å². The quantitative estimate of drug-likeness (QED) is 0.140. The van der Waals surface area contributed by atoms with Crippen molar-refractivity contribution in [3.63, 3.8) is 0 Å². The van der Waals surface area contributed by atoms with E-state index in [9.17, 15) is 0 Å². The van der Waals surface area contributed by atoms with Crippen molar-refractivity contribution in [1.82, 2.24) is 0 Å². The van der Waals surface area contributed by atoms with Crippen LogP contribution in [0, 0.1) is 0 Å². The molecule has 0 aliphatic heterocycles. The summed E-state index contributed by atoms with van der Waals surface area (Å²) in [5, 5.41) is 5.12. The Bertz CT molecular complexity index is 3700. The smallest absolute Gasteiger partial charge is 0.0540 e. The molecule has 1 heterocycles. The molecule has 0 aliphatic carbocycles. The van der Waals surface area contributed by atoms with E-state index < -0.39 is 0 Å². The van der Waals surface area contributed by atoms with Crippen LogP contribution in [0.5, 0.6) is 0 Å². The lowest BCUT2D eigenvalue weighted by atomic mass is 9.88. The average molecular weight is 858 g/mol. The molecule has 0 aliphatic rings. The summed E-state index contributed by atoms with van der Waals surface area (Å²) in [6.45, 7) is 0. The predicted octanol–water partition coefficient (Wildman–Crippen LogP) is 18.7. The third-order valence-electron chi connectivity index (χ3n) is 12.9. The molecule has 12 aromatic rings. The van der Waals surface area contributed by atoms with E-state index in [-0.39, 0.29) is 0 Å². The fourth-order valence-electron chi connectivity index (χ4n) is 9.68. The summed E-state index contributed by atoms with van der Waals surface area (Å²) in [6.07, 6.45) is 0. The molecule has 310 valence electrons. The van der Waals surface area contributed by atoms with E-state index >= 15 is 0 Å². The maximum atomic E-state index is 2.44. The second-order valence-corrected chi connectivity index (χ2v) is 17.9. The van der Waals surface area contributed by atoms with Gasteiger partial charge in [0.2, 0.25) is 0 Å². The first-order chi connectivity index (χ1) is 32.7. The van der Waals surface area contributed by atoms with Gasteiger partial charge in [-0.25, -0.2) is 0 Å². The highest BCUT2D eigenvalue weighted by atomic mass is 32.1. The highest BCUT2D eigenvalue weighted by Crippen LogP contribution is 2.47. The van der Waals surface area contributed by atoms with Crippen LogP contribution in [0.15, 0.2) is 261 Å². The van der Waals surface area contributed by atoms with E-state index in [1.54, 1.807) is 0 Å². The van der Waals surface area contributed by atoms with Gasteiger partial charge in [-0.3, -0.25) is 0 Å². The van der Waals surface area contributed by atoms with Crippen LogP contribution < -0.4 is 4.90 Å². The summed E-state index contributed by atoms with van der Waals surface area (Å²) in [4.78, 5) is 2.44. The summed E-state index contributed by atoms with van der Waals surface area (Å²) in [5.74, 6) is 0. The van der Waals surface area contributed by atoms with Gasteiger partial charge in [-0.15, -0.1) is 11.3 Å². The summed E-state index contributed by atoms with van der Waals surface area (Å²) in [7, 11) is 0. The SMILES string of the molecule is c1ccc(-c2ccccc2-c2ccccc2-c2ccccc2N(c2ccc(-c3ccc(-c4ccc5ccccc5c4)cc3)cc2)c2cccc(-c3cccc4c3sc3ccccc34)c2)cc1. The molecule has 0 fully saturated rings. The number of anilines is 3. The predicted molar refractivity (Wildman–Crippen MR) is 284 cm³/mol. The van der Waals surface area contributed by atoms with E-state index in [1.165, 1.54) is 92.1 Å². The molecule has 0 N–H and O–H groups in total. The average Bonchev–Trinajstić information content (AvgIpc) is 3.79. The van der Waals surface area contributed by atoms with Crippen LogP contribution in [-0.2, 0) is 0 Å². The van der Waals surface area contributed by atoms with Gasteiger partial charge in [0.05, 0.1) is 5.69 Å². The van der Waals surface area contributed by atoms with Crippen LogP contribution in [0.2, 0.25) is 0 Å². The summed E-state index contributed by atoms with van der Waals surface area (Å²) >= 11 is 1.87. The molecule has 0 unspecified atom stereocenters. The zero-order valence-corrected chi connectivity index (χ0v) is 37.0. The van der Waals surface area contributed by atoms with Gasteiger partial charge in [-0.1, -0.05) is 218 Å². The van der Waals surface area contributed by atoms with Crippen LogP contribution in [0.3, 0.4) is 0 Å². The summed E-state index contributed by atoms with van der Waals surface area (Å²) < 4.78 is 2.62. The molecular weight excluding hydrogens is 815 g/mol. The largest absolute Gasteiger partial charge is 0.310 e. The molecule has 2 heteroatoms. The standard InChI is InChI=1S/C64H43NS/c1-2-17-48(18-3-1)54-22-6-7-23-56(54)57-24-8-9-25-58(57)59-26-10-12-30-62(59)65(53-21-14-20-51(43-53)55-28-15-29-61-60-27-11-13-31-63(60)66-64(55)61)52-40-38-46(39-41-52)45-32-34-47(35-33-45)50-37-36-44-16-4-5-19-49(44)42-50/h1-43H. The minimum atomic E-state index is 1.08. The number of para-hydroxylation sites is 1. The normalized spacial score (nSPS) is 11.3. The van der Waals surface area contributed by atoms with E-state index in [2.05, 4.69) is 266 Å². The van der Waals surface area contributed by atoms with Crippen LogP contribution in [-0.4, -0.2) is 0 Å². The molecule has 0 saturated heterocycles. The molecule has 0 bridgehead atoms. The third kappa shape index (κ3) is 7.24. The van der Waals surface area contributed by atoms with Gasteiger partial charge < -0.3 is 4.90 Å². The van der Waals surface area contributed by atoms with Crippen molar-refractivity contribution in [2.24, 2.45) is 0 Å². The van der Waals surface area contributed by atoms with Crippen molar-refractivity contribution >= 4 is 59.3 Å². The number of benzene rings is 11. The van der Waals surface area contributed by atoms with Crippen LogP contribution in [0.4, 0.5) is 17.1 Å². The van der Waals surface area contributed by atoms with E-state index in [4.69, 9.17) is 0 Å². The van der Waals surface area contributed by atoms with Gasteiger partial charge in [-0.05, 0) is 114 Å². The first-order valence-electron chi connectivity index (χ1n) is 22.6. The first-order valence-corrected chi connectivity index (χ1v) is 23.4. The second kappa shape index (κ2) is 17.0. The maximum absolute atomic E-state index is 2.44. The molecule has 1 aromatic heterocycles. The van der Waals surface area contributed by atoms with Crippen molar-refractivity contribution < 1.29 is 0 Å². The number of hydrogen-bond acceptors (Lipinski definition) is 2. The highest BCUT2D eigenvalue weighted by Gasteiger charge is 2.21. The topological polar surface area (TPSA) is 3.24 Å². The Kier molecular flexibility index (Phi) is 10.1. The van der Waals surface area contributed by atoms with Gasteiger partial charge in [0.25, 0.3) is 0 Å². The van der Waals surface area contributed by atoms with Crippen molar-refractivity contribution in [3.8, 4) is 66.8 Å². The number of thiophene rings is 1. The Hall–Kier alpha value is -8.30. The number of rotatable bonds is 9. The number of hydrogen-bond donors (Lipinski definition) is 0. The molecule has 0 atom stereocenters. The molecule has 12 rings (SSSR count). The first kappa shape index (κ1) is 39.3. The molecule has 0 saturated carbocycles. The summed E-state index contributed by atoms with van der Waals surface area (Å²) in [6, 6.07) is 95.1.